The van der Waals surface area contributed by atoms with Crippen molar-refractivity contribution in [2.45, 2.75) is 6.61 Å². The second kappa shape index (κ2) is 10.8. The van der Waals surface area contributed by atoms with Crippen molar-refractivity contribution in [3.63, 3.8) is 0 Å². The lowest BCUT2D eigenvalue weighted by atomic mass is 10.1. The van der Waals surface area contributed by atoms with Gasteiger partial charge in [0.15, 0.2) is 5.76 Å². The number of ether oxygens (including phenoxy) is 1. The van der Waals surface area contributed by atoms with Crippen LogP contribution in [0.25, 0.3) is 11.0 Å². The lowest BCUT2D eigenvalue weighted by molar-refractivity contribution is -0.384. The summed E-state index contributed by atoms with van der Waals surface area (Å²) in [4.78, 5) is 22.8. The Hall–Kier alpha value is -3.51. The third kappa shape index (κ3) is 5.77. The second-order valence-corrected chi connectivity index (χ2v) is 9.48. The number of hydrogen-bond acceptors (Lipinski definition) is 7. The number of carbonyl (C=O) groups is 1. The van der Waals surface area contributed by atoms with E-state index in [4.69, 9.17) is 9.15 Å². The van der Waals surface area contributed by atoms with Gasteiger partial charge in [0.05, 0.1) is 29.9 Å². The summed E-state index contributed by atoms with van der Waals surface area (Å²) in [6.45, 7) is 0.264. The number of amides is 1. The van der Waals surface area contributed by atoms with Crippen LogP contribution in [0.2, 0.25) is 0 Å². The molecule has 1 N–H and O–H groups in total. The second-order valence-electron chi connectivity index (χ2n) is 7.16. The molecule has 0 fully saturated rings. The number of rotatable bonds is 7. The van der Waals surface area contributed by atoms with E-state index >= 15 is 0 Å². The van der Waals surface area contributed by atoms with Gasteiger partial charge in [-0.1, -0.05) is 18.2 Å². The minimum atomic E-state index is -0.583. The molecular formula is C24H14I2N4O5. The van der Waals surface area contributed by atoms with E-state index in [9.17, 15) is 20.2 Å². The third-order valence-electron chi connectivity index (χ3n) is 4.84. The molecule has 0 unspecified atom stereocenters. The van der Waals surface area contributed by atoms with E-state index in [1.165, 1.54) is 30.5 Å². The van der Waals surface area contributed by atoms with Gasteiger partial charge in [0, 0.05) is 23.1 Å². The molecule has 0 radical (unpaired) electrons. The van der Waals surface area contributed by atoms with E-state index in [1.807, 2.05) is 30.3 Å². The first kappa shape index (κ1) is 24.6. The number of hydrazone groups is 1. The zero-order valence-corrected chi connectivity index (χ0v) is 22.0. The standard InChI is InChI=1S/C24H14I2N4O5/c25-19-7-14(8-20(26)23(19)34-13-16-4-2-1-3-15(16)11-27)12-28-29-24(31)22-10-17-9-18(30(32)33)5-6-21(17)35-22/h1-10,12H,13H2,(H,29,31)/b28-12-. The van der Waals surface area contributed by atoms with Crippen molar-refractivity contribution in [2.24, 2.45) is 5.10 Å². The van der Waals surface area contributed by atoms with Gasteiger partial charge in [-0.25, -0.2) is 5.43 Å². The van der Waals surface area contributed by atoms with Gasteiger partial charge < -0.3 is 9.15 Å². The van der Waals surface area contributed by atoms with Gasteiger partial charge in [-0.15, -0.1) is 0 Å². The molecule has 1 heterocycles. The summed E-state index contributed by atoms with van der Waals surface area (Å²) in [5.41, 5.74) is 4.78. The monoisotopic (exact) mass is 692 g/mol. The van der Waals surface area contributed by atoms with Crippen molar-refractivity contribution in [1.82, 2.24) is 5.43 Å². The largest absolute Gasteiger partial charge is 0.487 e. The first-order valence-corrected chi connectivity index (χ1v) is 12.1. The van der Waals surface area contributed by atoms with Crippen molar-refractivity contribution in [1.29, 1.82) is 5.26 Å². The maximum atomic E-state index is 12.4. The molecule has 35 heavy (non-hydrogen) atoms. The molecule has 0 aliphatic rings. The van der Waals surface area contributed by atoms with Crippen molar-refractivity contribution in [3.8, 4) is 11.8 Å². The molecule has 4 rings (SSSR count). The Morgan fingerprint density at radius 3 is 2.63 bits per heavy atom. The summed E-state index contributed by atoms with van der Waals surface area (Å²) in [5, 5.41) is 24.6. The SMILES string of the molecule is N#Cc1ccccc1COc1c(I)cc(/C=N\NC(=O)c2cc3cc([N+](=O)[O-])ccc3o2)cc1I. The van der Waals surface area contributed by atoms with Crippen LogP contribution in [0.4, 0.5) is 5.69 Å². The summed E-state index contributed by atoms with van der Waals surface area (Å²) in [5.74, 6) is 0.0975. The number of non-ortho nitro benzene ring substituents is 1. The van der Waals surface area contributed by atoms with Gasteiger partial charge >= 0.3 is 5.91 Å². The van der Waals surface area contributed by atoms with E-state index in [-0.39, 0.29) is 18.1 Å². The number of fused-ring (bicyclic) bond motifs is 1. The van der Waals surface area contributed by atoms with Crippen LogP contribution in [0.1, 0.15) is 27.2 Å². The van der Waals surface area contributed by atoms with Crippen LogP contribution < -0.4 is 10.2 Å². The van der Waals surface area contributed by atoms with E-state index < -0.39 is 10.8 Å². The summed E-state index contributed by atoms with van der Waals surface area (Å²) < 4.78 is 13.1. The molecule has 1 aromatic heterocycles. The number of nitrogens with one attached hydrogen (secondary N) is 1. The van der Waals surface area contributed by atoms with Crippen LogP contribution in [-0.4, -0.2) is 17.0 Å². The number of nitriles is 1. The average Bonchev–Trinajstić information content (AvgIpc) is 3.27. The highest BCUT2D eigenvalue weighted by molar-refractivity contribution is 14.1. The highest BCUT2D eigenvalue weighted by atomic mass is 127. The predicted octanol–water partition coefficient (Wildman–Crippen LogP) is 5.76. The normalized spacial score (nSPS) is 10.9. The Kier molecular flexibility index (Phi) is 7.61. The summed E-state index contributed by atoms with van der Waals surface area (Å²) in [6, 6.07) is 18.6. The fourth-order valence-electron chi connectivity index (χ4n) is 3.17. The van der Waals surface area contributed by atoms with Crippen molar-refractivity contribution in [2.75, 3.05) is 0 Å². The number of nitro benzene ring substituents is 1. The molecule has 0 saturated carbocycles. The van der Waals surface area contributed by atoms with E-state index in [1.54, 1.807) is 6.07 Å². The molecule has 3 aromatic carbocycles. The summed E-state index contributed by atoms with van der Waals surface area (Å²) in [7, 11) is 0. The highest BCUT2D eigenvalue weighted by Crippen LogP contribution is 2.30. The van der Waals surface area contributed by atoms with Gasteiger partial charge in [-0.2, -0.15) is 10.4 Å². The highest BCUT2D eigenvalue weighted by Gasteiger charge is 2.15. The van der Waals surface area contributed by atoms with Gasteiger partial charge in [0.25, 0.3) is 5.69 Å². The molecule has 1 amide bonds. The molecule has 11 heteroatoms. The lowest BCUT2D eigenvalue weighted by Gasteiger charge is -2.12. The molecule has 0 saturated heterocycles. The van der Waals surface area contributed by atoms with Crippen LogP contribution in [0.15, 0.2) is 70.2 Å². The molecule has 174 valence electrons. The quantitative estimate of drug-likeness (QED) is 0.113. The summed E-state index contributed by atoms with van der Waals surface area (Å²) in [6.07, 6.45) is 1.49. The molecule has 0 spiro atoms. The Morgan fingerprint density at radius 2 is 1.91 bits per heavy atom. The Labute approximate surface area is 226 Å². The Morgan fingerprint density at radius 1 is 1.17 bits per heavy atom. The van der Waals surface area contributed by atoms with Crippen LogP contribution in [0.5, 0.6) is 5.75 Å². The fourth-order valence-corrected chi connectivity index (χ4v) is 5.30. The van der Waals surface area contributed by atoms with Crippen LogP contribution in [0.3, 0.4) is 0 Å². The number of nitrogens with zero attached hydrogens (tertiary/aromatic N) is 3. The number of nitro groups is 1. The Bertz CT molecular complexity index is 1500. The first-order valence-electron chi connectivity index (χ1n) is 9.97. The van der Waals surface area contributed by atoms with Crippen LogP contribution in [-0.2, 0) is 6.61 Å². The Balaban J connectivity index is 1.43. The molecular weight excluding hydrogens is 678 g/mol. The van der Waals surface area contributed by atoms with Crippen LogP contribution >= 0.6 is 45.2 Å². The average molecular weight is 692 g/mol. The maximum absolute atomic E-state index is 12.4. The molecule has 0 atom stereocenters. The third-order valence-corrected chi connectivity index (χ3v) is 6.45. The molecule has 9 nitrogen and oxygen atoms in total. The summed E-state index contributed by atoms with van der Waals surface area (Å²) >= 11 is 4.31. The van der Waals surface area contributed by atoms with E-state index in [0.717, 1.165) is 18.3 Å². The van der Waals surface area contributed by atoms with Crippen molar-refractivity contribution < 1.29 is 18.9 Å². The van der Waals surface area contributed by atoms with Gasteiger partial charge in [0.2, 0.25) is 0 Å². The fraction of sp³-hybridized carbons (Fsp3) is 0.0417. The molecule has 0 bridgehead atoms. The number of hydrogen-bond donors (Lipinski definition) is 1. The van der Waals surface area contributed by atoms with Crippen LogP contribution in [0, 0.1) is 28.6 Å². The minimum absolute atomic E-state index is 0.0109. The van der Waals surface area contributed by atoms with Gasteiger partial charge in [-0.05, 0) is 81.1 Å². The lowest BCUT2D eigenvalue weighted by Crippen LogP contribution is -2.16. The number of halogens is 2. The topological polar surface area (TPSA) is 131 Å². The minimum Gasteiger partial charge on any atom is -0.487 e. The zero-order valence-electron chi connectivity index (χ0n) is 17.7. The predicted molar refractivity (Wildman–Crippen MR) is 145 cm³/mol. The molecule has 0 aliphatic heterocycles. The smallest absolute Gasteiger partial charge is 0.307 e. The number of carbonyl (C=O) groups excluding carboxylic acids is 1. The molecule has 4 aromatic rings. The van der Waals surface area contributed by atoms with Gasteiger partial charge in [0.1, 0.15) is 17.9 Å². The first-order chi connectivity index (χ1) is 16.9. The molecule has 0 aliphatic carbocycles. The van der Waals surface area contributed by atoms with Crippen molar-refractivity contribution >= 4 is 74.0 Å². The zero-order chi connectivity index (χ0) is 24.9. The van der Waals surface area contributed by atoms with Gasteiger partial charge in [-0.3, -0.25) is 14.9 Å². The number of furan rings is 1. The maximum Gasteiger partial charge on any atom is 0.307 e. The van der Waals surface area contributed by atoms with E-state index in [0.29, 0.717) is 22.3 Å². The van der Waals surface area contributed by atoms with E-state index in [2.05, 4.69) is 61.8 Å². The number of benzene rings is 3. The van der Waals surface area contributed by atoms with Crippen molar-refractivity contribution in [3.05, 3.63) is 100 Å².